The second-order valence-corrected chi connectivity index (χ2v) is 2.27. The molecule has 0 saturated heterocycles. The molecule has 0 bridgehead atoms. The first-order chi connectivity index (χ1) is 5.15. The van der Waals surface area contributed by atoms with Crippen LogP contribution in [-0.2, 0) is 7.05 Å². The zero-order valence-electron chi connectivity index (χ0n) is 6.37. The highest BCUT2D eigenvalue weighted by Crippen LogP contribution is 1.99. The molecular formula is C7H8N2O2. The number of imidazole rings is 1. The van der Waals surface area contributed by atoms with Crippen LogP contribution in [0.3, 0.4) is 0 Å². The Bertz CT molecular complexity index is 301. The number of hydrogen-bond donors (Lipinski definition) is 0. The number of aromatic nitrogens is 2. The fourth-order valence-corrected chi connectivity index (χ4v) is 0.760. The summed E-state index contributed by atoms with van der Waals surface area (Å²) in [4.78, 5) is 24.8. The average Bonchev–Trinajstić information content (AvgIpc) is 2.31. The standard InChI is InChI=1S/C7H8N2O2/c1-5(11)6-3-9(2)7(4-10)8-6/h3-4H,1-2H3. The molecule has 1 aromatic rings. The summed E-state index contributed by atoms with van der Waals surface area (Å²) in [7, 11) is 1.67. The van der Waals surface area contributed by atoms with E-state index in [9.17, 15) is 9.59 Å². The predicted molar refractivity (Wildman–Crippen MR) is 38.6 cm³/mol. The molecule has 0 radical (unpaired) electrons. The quantitative estimate of drug-likeness (QED) is 0.456. The summed E-state index contributed by atoms with van der Waals surface area (Å²) >= 11 is 0. The smallest absolute Gasteiger partial charge is 0.185 e. The maximum Gasteiger partial charge on any atom is 0.185 e. The zero-order chi connectivity index (χ0) is 8.43. The number of nitrogens with zero attached hydrogens (tertiary/aromatic N) is 2. The van der Waals surface area contributed by atoms with Crippen molar-refractivity contribution in [2.24, 2.45) is 7.05 Å². The lowest BCUT2D eigenvalue weighted by Crippen LogP contribution is -1.93. The molecule has 0 saturated carbocycles. The molecule has 4 nitrogen and oxygen atoms in total. The van der Waals surface area contributed by atoms with E-state index < -0.39 is 0 Å². The van der Waals surface area contributed by atoms with Crippen LogP contribution in [0.25, 0.3) is 0 Å². The Morgan fingerprint density at radius 1 is 1.73 bits per heavy atom. The second kappa shape index (κ2) is 2.65. The van der Waals surface area contributed by atoms with Crippen LogP contribution in [0.15, 0.2) is 6.20 Å². The molecule has 0 unspecified atom stereocenters. The van der Waals surface area contributed by atoms with Crippen LogP contribution in [0.4, 0.5) is 0 Å². The molecule has 0 aliphatic rings. The Morgan fingerprint density at radius 3 is 2.64 bits per heavy atom. The number of carbonyl (C=O) groups is 2. The molecule has 0 aromatic carbocycles. The summed E-state index contributed by atoms with van der Waals surface area (Å²) in [6.07, 6.45) is 2.15. The van der Waals surface area contributed by atoms with E-state index in [0.29, 0.717) is 12.0 Å². The SMILES string of the molecule is CC(=O)c1cn(C)c(C=O)n1. The highest BCUT2D eigenvalue weighted by atomic mass is 16.1. The van der Waals surface area contributed by atoms with Gasteiger partial charge < -0.3 is 4.57 Å². The van der Waals surface area contributed by atoms with Gasteiger partial charge in [0.15, 0.2) is 17.9 Å². The number of aryl methyl sites for hydroxylation is 1. The van der Waals surface area contributed by atoms with E-state index in [1.807, 2.05) is 0 Å². The third-order valence-corrected chi connectivity index (χ3v) is 1.38. The Kier molecular flexibility index (Phi) is 1.85. The molecule has 0 aliphatic carbocycles. The fourth-order valence-electron chi connectivity index (χ4n) is 0.760. The fraction of sp³-hybridized carbons (Fsp3) is 0.286. The Balaban J connectivity index is 3.14. The van der Waals surface area contributed by atoms with E-state index in [2.05, 4.69) is 4.98 Å². The van der Waals surface area contributed by atoms with Crippen molar-refractivity contribution in [3.8, 4) is 0 Å². The van der Waals surface area contributed by atoms with Crippen molar-refractivity contribution in [3.05, 3.63) is 17.7 Å². The summed E-state index contributed by atoms with van der Waals surface area (Å²) < 4.78 is 1.52. The second-order valence-electron chi connectivity index (χ2n) is 2.27. The van der Waals surface area contributed by atoms with Gasteiger partial charge in [0.1, 0.15) is 5.69 Å². The minimum atomic E-state index is -0.131. The first kappa shape index (κ1) is 7.65. The summed E-state index contributed by atoms with van der Waals surface area (Å²) in [6, 6.07) is 0. The van der Waals surface area contributed by atoms with E-state index in [0.717, 1.165) is 0 Å². The highest BCUT2D eigenvalue weighted by Gasteiger charge is 2.06. The third-order valence-electron chi connectivity index (χ3n) is 1.38. The summed E-state index contributed by atoms with van der Waals surface area (Å²) in [6.45, 7) is 1.41. The van der Waals surface area contributed by atoms with Gasteiger partial charge in [0.2, 0.25) is 0 Å². The van der Waals surface area contributed by atoms with Crippen LogP contribution in [0.2, 0.25) is 0 Å². The molecular weight excluding hydrogens is 144 g/mol. The van der Waals surface area contributed by atoms with Gasteiger partial charge in [-0.2, -0.15) is 0 Å². The summed E-state index contributed by atoms with van der Waals surface area (Å²) in [5.41, 5.74) is 0.328. The molecule has 58 valence electrons. The summed E-state index contributed by atoms with van der Waals surface area (Å²) in [5.74, 6) is 0.143. The van der Waals surface area contributed by atoms with E-state index in [4.69, 9.17) is 0 Å². The predicted octanol–water partition coefficient (Wildman–Crippen LogP) is 0.435. The van der Waals surface area contributed by atoms with E-state index in [1.54, 1.807) is 7.05 Å². The number of rotatable bonds is 2. The third kappa shape index (κ3) is 1.34. The van der Waals surface area contributed by atoms with Crippen molar-refractivity contribution in [1.29, 1.82) is 0 Å². The number of carbonyl (C=O) groups excluding carboxylic acids is 2. The van der Waals surface area contributed by atoms with Gasteiger partial charge in [-0.25, -0.2) is 4.98 Å². The lowest BCUT2D eigenvalue weighted by molar-refractivity contribution is 0.101. The van der Waals surface area contributed by atoms with Gasteiger partial charge in [-0.1, -0.05) is 0 Å². The molecule has 4 heteroatoms. The van der Waals surface area contributed by atoms with Gasteiger partial charge in [0.25, 0.3) is 0 Å². The van der Waals surface area contributed by atoms with Gasteiger partial charge in [0.05, 0.1) is 0 Å². The molecule has 1 heterocycles. The van der Waals surface area contributed by atoms with Gasteiger partial charge >= 0.3 is 0 Å². The number of aldehydes is 1. The van der Waals surface area contributed by atoms with Crippen LogP contribution in [0, 0.1) is 0 Å². The Morgan fingerprint density at radius 2 is 2.36 bits per heavy atom. The molecule has 0 N–H and O–H groups in total. The Hall–Kier alpha value is -1.45. The van der Waals surface area contributed by atoms with Gasteiger partial charge in [-0.05, 0) is 0 Å². The van der Waals surface area contributed by atoms with Crippen molar-refractivity contribution in [2.45, 2.75) is 6.92 Å². The number of hydrogen-bond acceptors (Lipinski definition) is 3. The van der Waals surface area contributed by atoms with Gasteiger partial charge in [0, 0.05) is 20.2 Å². The molecule has 11 heavy (non-hydrogen) atoms. The van der Waals surface area contributed by atoms with Gasteiger partial charge in [-0.3, -0.25) is 9.59 Å². The normalized spacial score (nSPS) is 9.64. The van der Waals surface area contributed by atoms with Crippen molar-refractivity contribution >= 4 is 12.1 Å². The van der Waals surface area contributed by atoms with Crippen molar-refractivity contribution in [1.82, 2.24) is 9.55 Å². The number of ketones is 1. The molecule has 0 spiro atoms. The minimum Gasteiger partial charge on any atom is -0.331 e. The summed E-state index contributed by atoms with van der Waals surface area (Å²) in [5, 5.41) is 0. The maximum absolute atomic E-state index is 10.7. The first-order valence-electron chi connectivity index (χ1n) is 3.14. The monoisotopic (exact) mass is 152 g/mol. The van der Waals surface area contributed by atoms with Crippen molar-refractivity contribution in [2.75, 3.05) is 0 Å². The minimum absolute atomic E-state index is 0.131. The zero-order valence-corrected chi connectivity index (χ0v) is 6.37. The van der Waals surface area contributed by atoms with Crippen LogP contribution in [-0.4, -0.2) is 21.6 Å². The molecule has 1 rings (SSSR count). The van der Waals surface area contributed by atoms with Crippen LogP contribution < -0.4 is 0 Å². The molecule has 0 atom stereocenters. The highest BCUT2D eigenvalue weighted by molar-refractivity contribution is 5.92. The van der Waals surface area contributed by atoms with E-state index in [-0.39, 0.29) is 11.6 Å². The van der Waals surface area contributed by atoms with Crippen LogP contribution in [0.1, 0.15) is 28.0 Å². The number of Topliss-reactive ketones (excluding diaryl/α,β-unsaturated/α-hetero) is 1. The largest absolute Gasteiger partial charge is 0.331 e. The molecule has 0 fully saturated rings. The first-order valence-corrected chi connectivity index (χ1v) is 3.14. The van der Waals surface area contributed by atoms with Crippen molar-refractivity contribution in [3.63, 3.8) is 0 Å². The van der Waals surface area contributed by atoms with E-state index >= 15 is 0 Å². The van der Waals surface area contributed by atoms with Crippen LogP contribution in [0.5, 0.6) is 0 Å². The van der Waals surface area contributed by atoms with Crippen LogP contribution >= 0.6 is 0 Å². The van der Waals surface area contributed by atoms with E-state index in [1.165, 1.54) is 17.7 Å². The topological polar surface area (TPSA) is 52.0 Å². The van der Waals surface area contributed by atoms with Crippen molar-refractivity contribution < 1.29 is 9.59 Å². The lowest BCUT2D eigenvalue weighted by atomic mass is 10.3. The molecule has 0 amide bonds. The lowest BCUT2D eigenvalue weighted by Gasteiger charge is -1.86. The maximum atomic E-state index is 10.7. The average molecular weight is 152 g/mol. The molecule has 1 aromatic heterocycles. The Labute approximate surface area is 63.9 Å². The molecule has 0 aliphatic heterocycles. The van der Waals surface area contributed by atoms with Gasteiger partial charge in [-0.15, -0.1) is 0 Å².